The quantitative estimate of drug-likeness (QED) is 0.264. The van der Waals surface area contributed by atoms with Crippen LogP contribution in [0.15, 0.2) is 58.8 Å². The molecule has 1 atom stereocenters. The van der Waals surface area contributed by atoms with Gasteiger partial charge in [-0.15, -0.1) is 11.3 Å². The summed E-state index contributed by atoms with van der Waals surface area (Å²) in [6.07, 6.45) is 2.61. The van der Waals surface area contributed by atoms with Crippen LogP contribution in [0, 0.1) is 0 Å². The third kappa shape index (κ3) is 5.80. The number of thiophene rings is 1. The van der Waals surface area contributed by atoms with Crippen LogP contribution >= 0.6 is 22.9 Å². The van der Waals surface area contributed by atoms with Crippen LogP contribution in [0.3, 0.4) is 0 Å². The van der Waals surface area contributed by atoms with Gasteiger partial charge in [-0.05, 0) is 61.2 Å². The third-order valence-electron chi connectivity index (χ3n) is 6.42. The largest absolute Gasteiger partial charge is 0.496 e. The van der Waals surface area contributed by atoms with Crippen molar-refractivity contribution in [1.82, 2.24) is 20.4 Å². The number of rotatable bonds is 10. The molecule has 1 saturated heterocycles. The number of aromatic nitrogens is 2. The predicted octanol–water partition coefficient (Wildman–Crippen LogP) is 4.02. The Bertz CT molecular complexity index is 1560. The molecule has 9 nitrogen and oxygen atoms in total. The molecule has 200 valence electrons. The number of carbonyl (C=O) groups is 1. The van der Waals surface area contributed by atoms with E-state index in [2.05, 4.69) is 26.5 Å². The summed E-state index contributed by atoms with van der Waals surface area (Å²) >= 11 is 6.93. The zero-order chi connectivity index (χ0) is 26.7. The maximum absolute atomic E-state index is 13.0. The van der Waals surface area contributed by atoms with E-state index in [0.717, 1.165) is 47.4 Å². The molecule has 0 unspecified atom stereocenters. The number of benzene rings is 2. The van der Waals surface area contributed by atoms with Crippen molar-refractivity contribution in [3.05, 3.63) is 70.1 Å². The Labute approximate surface area is 230 Å². The van der Waals surface area contributed by atoms with Crippen molar-refractivity contribution in [2.24, 2.45) is 0 Å². The average Bonchev–Trinajstić information content (AvgIpc) is 3.66. The van der Waals surface area contributed by atoms with Crippen LogP contribution in [0.2, 0.25) is 4.34 Å². The normalized spacial score (nSPS) is 15.6. The van der Waals surface area contributed by atoms with Gasteiger partial charge in [-0.3, -0.25) is 14.2 Å². The first-order valence-corrected chi connectivity index (χ1v) is 14.9. The maximum Gasteiger partial charge on any atom is 0.272 e. The lowest BCUT2D eigenvalue weighted by molar-refractivity contribution is -0.122. The van der Waals surface area contributed by atoms with Gasteiger partial charge in [0.2, 0.25) is 5.91 Å². The Morgan fingerprint density at radius 1 is 1.21 bits per heavy atom. The van der Waals surface area contributed by atoms with Crippen molar-refractivity contribution in [1.29, 1.82) is 0 Å². The van der Waals surface area contributed by atoms with Gasteiger partial charge in [-0.2, -0.15) is 5.10 Å². The molecule has 0 saturated carbocycles. The molecule has 3 heterocycles. The monoisotopic (exact) mass is 573 g/mol. The number of ether oxygens (including phenoxy) is 1. The molecule has 1 amide bonds. The lowest BCUT2D eigenvalue weighted by atomic mass is 10.1. The lowest BCUT2D eigenvalue weighted by Crippen LogP contribution is -2.41. The minimum absolute atomic E-state index is 0.0513. The summed E-state index contributed by atoms with van der Waals surface area (Å²) in [5, 5.41) is 11.4. The van der Waals surface area contributed by atoms with Gasteiger partial charge in [-0.1, -0.05) is 41.9 Å². The van der Waals surface area contributed by atoms with Crippen LogP contribution in [0.1, 0.15) is 24.0 Å². The Kier molecular flexibility index (Phi) is 7.89. The summed E-state index contributed by atoms with van der Waals surface area (Å²) < 4.78 is 36.4. The minimum atomic E-state index is -3.89. The van der Waals surface area contributed by atoms with Crippen LogP contribution in [0.5, 0.6) is 5.75 Å². The number of hydrogen-bond donors (Lipinski definition) is 3. The molecule has 1 fully saturated rings. The fraction of sp³-hybridized carbons (Fsp3) is 0.308. The van der Waals surface area contributed by atoms with E-state index in [1.165, 1.54) is 13.2 Å². The molecule has 1 aliphatic heterocycles. The second-order valence-corrected chi connectivity index (χ2v) is 12.7. The lowest BCUT2D eigenvalue weighted by Gasteiger charge is -2.11. The average molecular weight is 574 g/mol. The highest BCUT2D eigenvalue weighted by molar-refractivity contribution is 7.94. The SMILES string of the molecule is COc1cccc2c1c(NS(=O)(=O)c1ccc(Cl)s1)nn2Cc1cccc(CCNC(=O)[C@@H]2CCCN2)c1. The summed E-state index contributed by atoms with van der Waals surface area (Å²) in [6, 6.07) is 16.5. The highest BCUT2D eigenvalue weighted by Gasteiger charge is 2.23. The summed E-state index contributed by atoms with van der Waals surface area (Å²) in [6.45, 7) is 1.86. The Hall–Kier alpha value is -3.12. The van der Waals surface area contributed by atoms with E-state index >= 15 is 0 Å². The number of nitrogens with zero attached hydrogens (tertiary/aromatic N) is 2. The van der Waals surface area contributed by atoms with Crippen molar-refractivity contribution in [2.75, 3.05) is 24.9 Å². The summed E-state index contributed by atoms with van der Waals surface area (Å²) in [7, 11) is -2.35. The topological polar surface area (TPSA) is 114 Å². The summed E-state index contributed by atoms with van der Waals surface area (Å²) in [5.74, 6) is 0.744. The van der Waals surface area contributed by atoms with E-state index in [4.69, 9.17) is 16.3 Å². The Morgan fingerprint density at radius 2 is 2.03 bits per heavy atom. The minimum Gasteiger partial charge on any atom is -0.496 e. The van der Waals surface area contributed by atoms with Crippen LogP contribution in [0.4, 0.5) is 5.82 Å². The number of nitrogens with one attached hydrogen (secondary N) is 3. The standard InChI is InChI=1S/C26H28ClN5O4S2/c1-36-21-9-3-8-20-24(21)25(31-38(34,35)23-11-10-22(27)37-23)30-32(20)16-18-6-2-5-17(15-18)12-14-29-26(33)19-7-4-13-28-19/h2-3,5-6,8-11,15,19,28H,4,7,12-14,16H2,1H3,(H,29,33)(H,30,31)/t19-/m0/s1. The van der Waals surface area contributed by atoms with Crippen molar-refractivity contribution in [3.63, 3.8) is 0 Å². The number of anilines is 1. The number of methoxy groups -OCH3 is 1. The number of sulfonamides is 1. The molecule has 0 radical (unpaired) electrons. The van der Waals surface area contributed by atoms with Gasteiger partial charge in [0.1, 0.15) is 9.96 Å². The van der Waals surface area contributed by atoms with Crippen molar-refractivity contribution in [2.45, 2.75) is 36.1 Å². The summed E-state index contributed by atoms with van der Waals surface area (Å²) in [4.78, 5) is 12.3. The fourth-order valence-electron chi connectivity index (χ4n) is 4.60. The van der Waals surface area contributed by atoms with Gasteiger partial charge in [-0.25, -0.2) is 8.42 Å². The first-order chi connectivity index (χ1) is 18.3. The molecule has 5 rings (SSSR count). The number of fused-ring (bicyclic) bond motifs is 1. The zero-order valence-corrected chi connectivity index (χ0v) is 23.1. The molecule has 0 aliphatic carbocycles. The first kappa shape index (κ1) is 26.5. The van der Waals surface area contributed by atoms with Crippen LogP contribution in [0.25, 0.3) is 10.9 Å². The molecule has 1 aliphatic rings. The molecular weight excluding hydrogens is 546 g/mol. The predicted molar refractivity (Wildman–Crippen MR) is 150 cm³/mol. The fourth-order valence-corrected chi connectivity index (χ4v) is 7.09. The van der Waals surface area contributed by atoms with Crippen molar-refractivity contribution < 1.29 is 17.9 Å². The zero-order valence-electron chi connectivity index (χ0n) is 20.7. The third-order valence-corrected chi connectivity index (χ3v) is 9.48. The van der Waals surface area contributed by atoms with Crippen LogP contribution < -0.4 is 20.1 Å². The van der Waals surface area contributed by atoms with E-state index in [0.29, 0.717) is 35.0 Å². The van der Waals surface area contributed by atoms with Gasteiger partial charge < -0.3 is 15.4 Å². The molecule has 3 N–H and O–H groups in total. The first-order valence-electron chi connectivity index (χ1n) is 12.2. The molecule has 38 heavy (non-hydrogen) atoms. The molecule has 12 heteroatoms. The Morgan fingerprint density at radius 3 is 2.76 bits per heavy atom. The van der Waals surface area contributed by atoms with Crippen molar-refractivity contribution >= 4 is 55.6 Å². The van der Waals surface area contributed by atoms with Crippen LogP contribution in [-0.2, 0) is 27.8 Å². The highest BCUT2D eigenvalue weighted by Crippen LogP contribution is 2.35. The molecule has 0 bridgehead atoms. The van der Waals surface area contributed by atoms with Gasteiger partial charge in [0, 0.05) is 6.54 Å². The van der Waals surface area contributed by atoms with E-state index in [-0.39, 0.29) is 22.0 Å². The van der Waals surface area contributed by atoms with E-state index in [9.17, 15) is 13.2 Å². The highest BCUT2D eigenvalue weighted by atomic mass is 35.5. The molecule has 2 aromatic heterocycles. The molecule has 4 aromatic rings. The number of halogens is 1. The van der Waals surface area contributed by atoms with E-state index < -0.39 is 10.0 Å². The molecular formula is C26H28ClN5O4S2. The van der Waals surface area contributed by atoms with Gasteiger partial charge in [0.15, 0.2) is 5.82 Å². The van der Waals surface area contributed by atoms with E-state index in [1.807, 2.05) is 30.3 Å². The van der Waals surface area contributed by atoms with Gasteiger partial charge in [0.25, 0.3) is 10.0 Å². The summed E-state index contributed by atoms with van der Waals surface area (Å²) in [5.41, 5.74) is 2.82. The van der Waals surface area contributed by atoms with Crippen LogP contribution in [-0.4, -0.2) is 50.3 Å². The van der Waals surface area contributed by atoms with E-state index in [1.54, 1.807) is 16.8 Å². The second kappa shape index (κ2) is 11.3. The maximum atomic E-state index is 13.0. The Balaban J connectivity index is 1.36. The number of amides is 1. The second-order valence-electron chi connectivity index (χ2n) is 9.03. The van der Waals surface area contributed by atoms with Crippen molar-refractivity contribution in [3.8, 4) is 5.75 Å². The van der Waals surface area contributed by atoms with Gasteiger partial charge in [0.05, 0.1) is 34.9 Å². The smallest absolute Gasteiger partial charge is 0.272 e. The number of hydrogen-bond acceptors (Lipinski definition) is 7. The van der Waals surface area contributed by atoms with Gasteiger partial charge >= 0.3 is 0 Å². The molecule has 2 aromatic carbocycles. The number of carbonyl (C=O) groups excluding carboxylic acids is 1. The molecule has 0 spiro atoms.